The fourth-order valence-electron chi connectivity index (χ4n) is 2.37. The largest absolute Gasteiger partial charge is 0.464 e. The van der Waals surface area contributed by atoms with E-state index in [0.29, 0.717) is 6.54 Å². The molecule has 3 heterocycles. The fraction of sp³-hybridized carbons (Fsp3) is 0.333. The normalized spacial score (nSPS) is 11.2. The first-order chi connectivity index (χ1) is 9.95. The lowest BCUT2D eigenvalue weighted by Crippen LogP contribution is -2.25. The van der Waals surface area contributed by atoms with Gasteiger partial charge in [-0.15, -0.1) is 11.3 Å². The first kappa shape index (κ1) is 13.9. The van der Waals surface area contributed by atoms with Gasteiger partial charge in [-0.3, -0.25) is 9.48 Å². The Balaban J connectivity index is 1.84. The van der Waals surface area contributed by atoms with Crippen LogP contribution in [-0.2, 0) is 13.6 Å². The molecule has 1 amide bonds. The number of aromatic nitrogens is 2. The molecular formula is C15H17N3O2S. The van der Waals surface area contributed by atoms with Crippen molar-refractivity contribution in [1.82, 2.24) is 14.7 Å². The standard InChI is InChI=1S/C15H17N3O2S/c1-9-5-6-11(20-9)8-17(3)14(19)13-7-12-10(2)16-18(4)15(12)21-13/h5-7H,8H2,1-4H3. The van der Waals surface area contributed by atoms with Crippen LogP contribution in [-0.4, -0.2) is 27.6 Å². The average molecular weight is 303 g/mol. The Hall–Kier alpha value is -2.08. The predicted molar refractivity (Wildman–Crippen MR) is 82.6 cm³/mol. The molecule has 0 unspecified atom stereocenters. The van der Waals surface area contributed by atoms with Gasteiger partial charge >= 0.3 is 0 Å². The summed E-state index contributed by atoms with van der Waals surface area (Å²) < 4.78 is 7.34. The van der Waals surface area contributed by atoms with Gasteiger partial charge in [0.1, 0.15) is 16.4 Å². The van der Waals surface area contributed by atoms with Gasteiger partial charge in [0.05, 0.1) is 17.1 Å². The Morgan fingerprint density at radius 3 is 2.81 bits per heavy atom. The summed E-state index contributed by atoms with van der Waals surface area (Å²) in [6.07, 6.45) is 0. The molecule has 3 rings (SSSR count). The zero-order valence-corrected chi connectivity index (χ0v) is 13.3. The smallest absolute Gasteiger partial charge is 0.264 e. The minimum absolute atomic E-state index is 0.00431. The van der Waals surface area contributed by atoms with Crippen molar-refractivity contribution in [3.05, 3.63) is 40.3 Å². The van der Waals surface area contributed by atoms with Gasteiger partial charge in [0.15, 0.2) is 0 Å². The summed E-state index contributed by atoms with van der Waals surface area (Å²) in [6, 6.07) is 5.73. The zero-order chi connectivity index (χ0) is 15.1. The molecule has 21 heavy (non-hydrogen) atoms. The number of fused-ring (bicyclic) bond motifs is 1. The maximum atomic E-state index is 12.5. The summed E-state index contributed by atoms with van der Waals surface area (Å²) in [5, 5.41) is 5.40. The summed E-state index contributed by atoms with van der Waals surface area (Å²) in [5.41, 5.74) is 0.951. The topological polar surface area (TPSA) is 51.3 Å². The van der Waals surface area contributed by atoms with Gasteiger partial charge in [-0.1, -0.05) is 0 Å². The zero-order valence-electron chi connectivity index (χ0n) is 12.5. The van der Waals surface area contributed by atoms with Gasteiger partial charge in [0, 0.05) is 19.5 Å². The van der Waals surface area contributed by atoms with Crippen molar-refractivity contribution in [3.8, 4) is 0 Å². The molecule has 0 radical (unpaired) electrons. The number of rotatable bonds is 3. The Kier molecular flexibility index (Phi) is 3.33. The first-order valence-electron chi connectivity index (χ1n) is 6.69. The molecule has 5 nitrogen and oxygen atoms in total. The van der Waals surface area contributed by atoms with Crippen LogP contribution < -0.4 is 0 Å². The molecule has 0 aliphatic heterocycles. The molecule has 0 saturated carbocycles. The van der Waals surface area contributed by atoms with Crippen LogP contribution in [0.25, 0.3) is 10.2 Å². The Labute approximate surface area is 126 Å². The molecule has 0 fully saturated rings. The molecule has 0 bridgehead atoms. The minimum Gasteiger partial charge on any atom is -0.464 e. The highest BCUT2D eigenvalue weighted by Gasteiger charge is 2.19. The third kappa shape index (κ3) is 2.47. The van der Waals surface area contributed by atoms with Crippen molar-refractivity contribution < 1.29 is 9.21 Å². The molecule has 6 heteroatoms. The predicted octanol–water partition coefficient (Wildman–Crippen LogP) is 3.12. The van der Waals surface area contributed by atoms with Crippen LogP contribution >= 0.6 is 11.3 Å². The van der Waals surface area contributed by atoms with Crippen LogP contribution in [0.4, 0.5) is 0 Å². The van der Waals surface area contributed by atoms with E-state index in [0.717, 1.165) is 32.3 Å². The van der Waals surface area contributed by atoms with E-state index in [2.05, 4.69) is 5.10 Å². The molecule has 110 valence electrons. The van der Waals surface area contributed by atoms with Crippen molar-refractivity contribution in [2.45, 2.75) is 20.4 Å². The van der Waals surface area contributed by atoms with E-state index in [1.54, 1.807) is 11.9 Å². The summed E-state index contributed by atoms with van der Waals surface area (Å²) in [6.45, 7) is 4.32. The number of furan rings is 1. The van der Waals surface area contributed by atoms with Crippen LogP contribution in [0.1, 0.15) is 26.9 Å². The first-order valence-corrected chi connectivity index (χ1v) is 7.51. The van der Waals surface area contributed by atoms with Gasteiger partial charge in [0.25, 0.3) is 5.91 Å². The van der Waals surface area contributed by atoms with Crippen LogP contribution in [0, 0.1) is 13.8 Å². The number of carbonyl (C=O) groups excluding carboxylic acids is 1. The quantitative estimate of drug-likeness (QED) is 0.747. The maximum absolute atomic E-state index is 12.5. The second-order valence-electron chi connectivity index (χ2n) is 5.21. The number of thiophene rings is 1. The fourth-order valence-corrected chi connectivity index (χ4v) is 3.49. The van der Waals surface area contributed by atoms with Crippen LogP contribution in [0.3, 0.4) is 0 Å². The second kappa shape index (κ2) is 5.04. The highest BCUT2D eigenvalue weighted by atomic mass is 32.1. The van der Waals surface area contributed by atoms with Crippen molar-refractivity contribution in [2.24, 2.45) is 7.05 Å². The number of nitrogens with zero attached hydrogens (tertiary/aromatic N) is 3. The van der Waals surface area contributed by atoms with Gasteiger partial charge in [-0.05, 0) is 32.0 Å². The Morgan fingerprint density at radius 2 is 2.19 bits per heavy atom. The molecule has 0 aliphatic carbocycles. The van der Waals surface area contributed by atoms with Crippen molar-refractivity contribution in [2.75, 3.05) is 7.05 Å². The van der Waals surface area contributed by atoms with Crippen LogP contribution in [0.15, 0.2) is 22.6 Å². The Bertz CT molecular complexity index is 778. The van der Waals surface area contributed by atoms with Gasteiger partial charge < -0.3 is 9.32 Å². The van der Waals surface area contributed by atoms with E-state index in [9.17, 15) is 4.79 Å². The number of hydrogen-bond acceptors (Lipinski definition) is 4. The van der Waals surface area contributed by atoms with E-state index in [-0.39, 0.29) is 5.91 Å². The molecule has 0 spiro atoms. The van der Waals surface area contributed by atoms with E-state index < -0.39 is 0 Å². The highest BCUT2D eigenvalue weighted by Crippen LogP contribution is 2.28. The molecular weight excluding hydrogens is 286 g/mol. The number of aryl methyl sites for hydroxylation is 3. The van der Waals surface area contributed by atoms with Crippen molar-refractivity contribution in [1.29, 1.82) is 0 Å². The summed E-state index contributed by atoms with van der Waals surface area (Å²) in [4.78, 5) is 15.9. The summed E-state index contributed by atoms with van der Waals surface area (Å²) in [7, 11) is 3.69. The van der Waals surface area contributed by atoms with E-state index >= 15 is 0 Å². The van der Waals surface area contributed by atoms with Crippen molar-refractivity contribution >= 4 is 27.5 Å². The second-order valence-corrected chi connectivity index (χ2v) is 6.24. The summed E-state index contributed by atoms with van der Waals surface area (Å²) >= 11 is 1.48. The highest BCUT2D eigenvalue weighted by molar-refractivity contribution is 7.20. The molecule has 0 atom stereocenters. The molecule has 0 aromatic carbocycles. The third-order valence-corrected chi connectivity index (χ3v) is 4.63. The minimum atomic E-state index is 0.00431. The average Bonchev–Trinajstić information content (AvgIpc) is 3.09. The number of amides is 1. The lowest BCUT2D eigenvalue weighted by atomic mass is 10.3. The van der Waals surface area contributed by atoms with E-state index in [1.807, 2.05) is 43.8 Å². The monoisotopic (exact) mass is 303 g/mol. The maximum Gasteiger partial charge on any atom is 0.264 e. The van der Waals surface area contributed by atoms with Gasteiger partial charge in [0.2, 0.25) is 0 Å². The van der Waals surface area contributed by atoms with Crippen LogP contribution in [0.5, 0.6) is 0 Å². The third-order valence-electron chi connectivity index (χ3n) is 3.44. The van der Waals surface area contributed by atoms with Gasteiger partial charge in [-0.2, -0.15) is 5.10 Å². The lowest BCUT2D eigenvalue weighted by molar-refractivity contribution is 0.0780. The van der Waals surface area contributed by atoms with Crippen LogP contribution in [0.2, 0.25) is 0 Å². The summed E-state index contributed by atoms with van der Waals surface area (Å²) in [5.74, 6) is 1.65. The Morgan fingerprint density at radius 1 is 1.43 bits per heavy atom. The SMILES string of the molecule is Cc1ccc(CN(C)C(=O)c2cc3c(C)nn(C)c3s2)o1. The molecule has 3 aromatic heterocycles. The number of hydrogen-bond donors (Lipinski definition) is 0. The molecule has 3 aromatic rings. The number of carbonyl (C=O) groups is 1. The molecule has 0 aliphatic rings. The molecule has 0 saturated heterocycles. The molecule has 0 N–H and O–H groups in total. The van der Waals surface area contributed by atoms with E-state index in [4.69, 9.17) is 4.42 Å². The lowest BCUT2D eigenvalue weighted by Gasteiger charge is -2.14. The van der Waals surface area contributed by atoms with Gasteiger partial charge in [-0.25, -0.2) is 0 Å². The van der Waals surface area contributed by atoms with Crippen molar-refractivity contribution in [3.63, 3.8) is 0 Å². The van der Waals surface area contributed by atoms with E-state index in [1.165, 1.54) is 11.3 Å².